The van der Waals surface area contributed by atoms with Gasteiger partial charge in [-0.15, -0.1) is 0 Å². The molecule has 1 rings (SSSR count). The van der Waals surface area contributed by atoms with Crippen molar-refractivity contribution in [1.29, 1.82) is 5.26 Å². The van der Waals surface area contributed by atoms with Crippen LogP contribution in [0.2, 0.25) is 0 Å². The summed E-state index contributed by atoms with van der Waals surface area (Å²) in [7, 11) is 0. The summed E-state index contributed by atoms with van der Waals surface area (Å²) >= 11 is 0. The Balaban J connectivity index is 2.34. The first kappa shape index (κ1) is 13.0. The Hall–Kier alpha value is -2.06. The Morgan fingerprint density at radius 1 is 1.53 bits per heavy atom. The van der Waals surface area contributed by atoms with Crippen molar-refractivity contribution in [1.82, 2.24) is 5.32 Å². The number of hydrogen-bond acceptors (Lipinski definition) is 4. The van der Waals surface area contributed by atoms with E-state index in [2.05, 4.69) is 5.32 Å². The molecule has 0 spiro atoms. The van der Waals surface area contributed by atoms with Crippen LogP contribution in [-0.2, 0) is 11.3 Å². The van der Waals surface area contributed by atoms with Crippen LogP contribution in [0.1, 0.15) is 12.5 Å². The van der Waals surface area contributed by atoms with Crippen LogP contribution in [0.3, 0.4) is 0 Å². The topological polar surface area (TPSA) is 82.3 Å². The average molecular weight is 234 g/mol. The van der Waals surface area contributed by atoms with Gasteiger partial charge in [-0.2, -0.15) is 5.26 Å². The third-order valence-corrected chi connectivity index (χ3v) is 2.16. The first-order chi connectivity index (χ1) is 8.13. The van der Waals surface area contributed by atoms with E-state index in [1.165, 1.54) is 6.92 Å². The summed E-state index contributed by atoms with van der Waals surface area (Å²) in [5.74, 6) is 0. The third kappa shape index (κ3) is 4.53. The van der Waals surface area contributed by atoms with E-state index in [1.807, 2.05) is 30.3 Å². The molecule has 0 saturated carbocycles. The molecule has 17 heavy (non-hydrogen) atoms. The zero-order valence-electron chi connectivity index (χ0n) is 9.46. The van der Waals surface area contributed by atoms with Gasteiger partial charge < -0.3 is 15.2 Å². The van der Waals surface area contributed by atoms with Crippen molar-refractivity contribution in [3.63, 3.8) is 0 Å². The summed E-state index contributed by atoms with van der Waals surface area (Å²) in [5, 5.41) is 19.9. The largest absolute Gasteiger partial charge is 0.445 e. The summed E-state index contributed by atoms with van der Waals surface area (Å²) in [6.45, 7) is 1.68. The number of nitriles is 1. The third-order valence-electron chi connectivity index (χ3n) is 2.16. The molecule has 0 aliphatic rings. The minimum atomic E-state index is -1.24. The molecule has 0 aromatic heterocycles. The summed E-state index contributed by atoms with van der Waals surface area (Å²) in [6.07, 6.45) is -1.89. The fourth-order valence-corrected chi connectivity index (χ4v) is 1.14. The lowest BCUT2D eigenvalue weighted by Gasteiger charge is -2.14. The van der Waals surface area contributed by atoms with Crippen LogP contribution in [0, 0.1) is 11.3 Å². The molecule has 1 amide bonds. The number of rotatable bonds is 4. The highest BCUT2D eigenvalue weighted by Gasteiger charge is 2.16. The lowest BCUT2D eigenvalue weighted by atomic mass is 10.2. The smallest absolute Gasteiger partial charge is 0.407 e. The minimum absolute atomic E-state index is 0.155. The number of nitrogens with one attached hydrogen (secondary N) is 1. The molecule has 0 fully saturated rings. The van der Waals surface area contributed by atoms with E-state index >= 15 is 0 Å². The van der Waals surface area contributed by atoms with Gasteiger partial charge in [-0.25, -0.2) is 4.79 Å². The molecule has 5 heteroatoms. The van der Waals surface area contributed by atoms with Gasteiger partial charge in [0.25, 0.3) is 0 Å². The number of ether oxygens (including phenoxy) is 1. The fourth-order valence-electron chi connectivity index (χ4n) is 1.14. The van der Waals surface area contributed by atoms with Crippen molar-refractivity contribution in [2.24, 2.45) is 0 Å². The summed E-state index contributed by atoms with van der Waals surface area (Å²) in [6, 6.07) is 10.2. The molecule has 0 aliphatic carbocycles. The van der Waals surface area contributed by atoms with Gasteiger partial charge in [0.05, 0.1) is 12.1 Å². The Labute approximate surface area is 99.6 Å². The Morgan fingerprint density at radius 3 is 2.76 bits per heavy atom. The maximum Gasteiger partial charge on any atom is 0.407 e. The summed E-state index contributed by atoms with van der Waals surface area (Å²) in [4.78, 5) is 11.3. The van der Waals surface area contributed by atoms with E-state index in [-0.39, 0.29) is 6.61 Å². The van der Waals surface area contributed by atoms with Crippen molar-refractivity contribution in [2.45, 2.75) is 25.7 Å². The molecule has 0 heterocycles. The number of carbonyl (C=O) groups excluding carboxylic acids is 1. The number of hydrogen-bond donors (Lipinski definition) is 2. The second kappa shape index (κ2) is 6.51. The van der Waals surface area contributed by atoms with Crippen LogP contribution < -0.4 is 5.32 Å². The standard InChI is InChI=1S/C12H14N2O3/c1-9(11(15)7-13)14-12(16)17-8-10-5-3-2-4-6-10/h2-6,9,11,15H,8H2,1H3,(H,14,16)/t9-,11+/m0/s1. The maximum atomic E-state index is 11.3. The van der Waals surface area contributed by atoms with Gasteiger partial charge in [0.1, 0.15) is 6.61 Å². The van der Waals surface area contributed by atoms with Crippen LogP contribution in [-0.4, -0.2) is 23.3 Å². The molecule has 2 atom stereocenters. The Kier molecular flexibility index (Phi) is 4.98. The molecule has 5 nitrogen and oxygen atoms in total. The van der Waals surface area contributed by atoms with Gasteiger partial charge in [-0.3, -0.25) is 0 Å². The number of carbonyl (C=O) groups is 1. The van der Waals surface area contributed by atoms with Crippen molar-refractivity contribution in [3.05, 3.63) is 35.9 Å². The van der Waals surface area contributed by atoms with Gasteiger partial charge in [-0.1, -0.05) is 30.3 Å². The molecule has 0 saturated heterocycles. The van der Waals surface area contributed by atoms with E-state index in [0.29, 0.717) is 0 Å². The van der Waals surface area contributed by atoms with E-state index in [1.54, 1.807) is 6.07 Å². The number of aliphatic hydroxyl groups is 1. The highest BCUT2D eigenvalue weighted by atomic mass is 16.5. The van der Waals surface area contributed by atoms with E-state index in [0.717, 1.165) is 5.56 Å². The summed E-state index contributed by atoms with van der Waals surface area (Å²) < 4.78 is 4.92. The second-order valence-corrected chi connectivity index (χ2v) is 3.57. The highest BCUT2D eigenvalue weighted by Crippen LogP contribution is 2.01. The van der Waals surface area contributed by atoms with Crippen molar-refractivity contribution in [2.75, 3.05) is 0 Å². The normalized spacial score (nSPS) is 13.2. The van der Waals surface area contributed by atoms with Crippen molar-refractivity contribution >= 4 is 6.09 Å². The lowest BCUT2D eigenvalue weighted by Crippen LogP contribution is -2.40. The number of amides is 1. The van der Waals surface area contributed by atoms with E-state index in [4.69, 9.17) is 15.1 Å². The molecular formula is C12H14N2O3. The second-order valence-electron chi connectivity index (χ2n) is 3.57. The number of aliphatic hydroxyl groups excluding tert-OH is 1. The Bertz CT molecular complexity index is 400. The SMILES string of the molecule is C[C@H](NC(=O)OCc1ccccc1)[C@H](O)C#N. The van der Waals surface area contributed by atoms with Crippen molar-refractivity contribution < 1.29 is 14.6 Å². The summed E-state index contributed by atoms with van der Waals surface area (Å²) in [5.41, 5.74) is 0.871. The van der Waals surface area contributed by atoms with Crippen molar-refractivity contribution in [3.8, 4) is 6.07 Å². The van der Waals surface area contributed by atoms with Gasteiger partial charge in [0, 0.05) is 0 Å². The van der Waals surface area contributed by atoms with Crippen LogP contribution in [0.5, 0.6) is 0 Å². The monoisotopic (exact) mass is 234 g/mol. The minimum Gasteiger partial charge on any atom is -0.445 e. The van der Waals surface area contributed by atoms with Gasteiger partial charge >= 0.3 is 6.09 Å². The van der Waals surface area contributed by atoms with E-state index < -0.39 is 18.2 Å². The van der Waals surface area contributed by atoms with Crippen LogP contribution >= 0.6 is 0 Å². The van der Waals surface area contributed by atoms with Crippen LogP contribution in [0.25, 0.3) is 0 Å². The fraction of sp³-hybridized carbons (Fsp3) is 0.333. The first-order valence-corrected chi connectivity index (χ1v) is 5.18. The molecule has 2 N–H and O–H groups in total. The Morgan fingerprint density at radius 2 is 2.18 bits per heavy atom. The van der Waals surface area contributed by atoms with Crippen LogP contribution in [0.4, 0.5) is 4.79 Å². The molecule has 0 radical (unpaired) electrons. The van der Waals surface area contributed by atoms with Gasteiger partial charge in [0.2, 0.25) is 0 Å². The average Bonchev–Trinajstić information content (AvgIpc) is 2.36. The predicted octanol–water partition coefficient (Wildman–Crippen LogP) is 1.19. The molecule has 0 aliphatic heterocycles. The predicted molar refractivity (Wildman–Crippen MR) is 60.8 cm³/mol. The molecule has 1 aromatic rings. The first-order valence-electron chi connectivity index (χ1n) is 5.18. The van der Waals surface area contributed by atoms with Crippen LogP contribution in [0.15, 0.2) is 30.3 Å². The zero-order valence-corrected chi connectivity index (χ0v) is 9.46. The van der Waals surface area contributed by atoms with E-state index in [9.17, 15) is 4.79 Å². The molecule has 1 aromatic carbocycles. The number of alkyl carbamates (subject to hydrolysis) is 1. The lowest BCUT2D eigenvalue weighted by molar-refractivity contribution is 0.122. The van der Waals surface area contributed by atoms with Gasteiger partial charge in [0.15, 0.2) is 6.10 Å². The number of benzene rings is 1. The highest BCUT2D eigenvalue weighted by molar-refractivity contribution is 5.67. The molecular weight excluding hydrogens is 220 g/mol. The maximum absolute atomic E-state index is 11.3. The molecule has 0 unspecified atom stereocenters. The quantitative estimate of drug-likeness (QED) is 0.766. The number of nitrogens with zero attached hydrogens (tertiary/aromatic N) is 1. The van der Waals surface area contributed by atoms with Gasteiger partial charge in [-0.05, 0) is 12.5 Å². The molecule has 90 valence electrons. The zero-order chi connectivity index (χ0) is 12.7. The molecule has 0 bridgehead atoms.